The molecule has 0 aliphatic carbocycles. The Kier molecular flexibility index (Phi) is 3.23. The molecule has 84 valence electrons. The van der Waals surface area contributed by atoms with Crippen LogP contribution in [0.2, 0.25) is 0 Å². The molecule has 4 nitrogen and oxygen atoms in total. The van der Waals surface area contributed by atoms with Gasteiger partial charge >= 0.3 is 0 Å². The number of rotatable bonds is 3. The van der Waals surface area contributed by atoms with Crippen LogP contribution in [-0.4, -0.2) is 32.0 Å². The van der Waals surface area contributed by atoms with Crippen LogP contribution in [-0.2, 0) is 19.0 Å². The zero-order valence-corrected chi connectivity index (χ0v) is 9.93. The molecule has 14 heavy (non-hydrogen) atoms. The van der Waals surface area contributed by atoms with E-state index in [4.69, 9.17) is 8.92 Å². The van der Waals surface area contributed by atoms with Gasteiger partial charge in [0, 0.05) is 0 Å². The van der Waals surface area contributed by atoms with Crippen molar-refractivity contribution in [3.8, 4) is 0 Å². The first kappa shape index (κ1) is 11.9. The van der Waals surface area contributed by atoms with E-state index < -0.39 is 15.4 Å². The smallest absolute Gasteiger partial charge is 0.272 e. The second kappa shape index (κ2) is 3.79. The Labute approximate surface area is 85.7 Å². The van der Waals surface area contributed by atoms with E-state index in [2.05, 4.69) is 0 Å². The number of hydrogen-bond acceptors (Lipinski definition) is 4. The molecule has 0 aromatic carbocycles. The van der Waals surface area contributed by atoms with Crippen LogP contribution in [0.15, 0.2) is 0 Å². The molecule has 0 aromatic heterocycles. The van der Waals surface area contributed by atoms with Crippen LogP contribution < -0.4 is 0 Å². The summed E-state index contributed by atoms with van der Waals surface area (Å²) in [5, 5.41) is -0.530. The molecule has 1 aliphatic heterocycles. The lowest BCUT2D eigenvalue weighted by Gasteiger charge is -2.16. The van der Waals surface area contributed by atoms with Gasteiger partial charge in [0.1, 0.15) is 5.25 Å². The van der Waals surface area contributed by atoms with E-state index in [0.717, 1.165) is 0 Å². The normalized spacial score (nSPS) is 32.0. The lowest BCUT2D eigenvalue weighted by molar-refractivity contribution is -0.00657. The molecule has 1 heterocycles. The second-order valence-electron chi connectivity index (χ2n) is 4.22. The van der Waals surface area contributed by atoms with Gasteiger partial charge < -0.3 is 4.74 Å². The van der Waals surface area contributed by atoms with Gasteiger partial charge in [0.2, 0.25) is 0 Å². The fraction of sp³-hybridized carbons (Fsp3) is 1.00. The average Bonchev–Trinajstić information content (AvgIpc) is 2.25. The molecule has 0 N–H and O–H groups in total. The van der Waals surface area contributed by atoms with Crippen LogP contribution >= 0.6 is 0 Å². The van der Waals surface area contributed by atoms with E-state index in [1.54, 1.807) is 13.8 Å². The van der Waals surface area contributed by atoms with Crippen molar-refractivity contribution in [3.05, 3.63) is 0 Å². The molecule has 0 radical (unpaired) electrons. The predicted octanol–water partition coefficient (Wildman–Crippen LogP) is 1.31. The van der Waals surface area contributed by atoms with Gasteiger partial charge in [0.15, 0.2) is 0 Å². The molecular formula is C9H18O4S. The Balaban J connectivity index is 2.81. The molecule has 1 fully saturated rings. The lowest BCUT2D eigenvalue weighted by atomic mass is 10.1. The van der Waals surface area contributed by atoms with E-state index in [1.165, 1.54) is 0 Å². The minimum absolute atomic E-state index is 0.186. The highest BCUT2D eigenvalue weighted by Crippen LogP contribution is 2.34. The maximum Gasteiger partial charge on any atom is 0.272 e. The van der Waals surface area contributed by atoms with Crippen molar-refractivity contribution in [3.63, 3.8) is 0 Å². The van der Waals surface area contributed by atoms with Gasteiger partial charge in [0.05, 0.1) is 18.3 Å². The van der Waals surface area contributed by atoms with Crippen LogP contribution in [0.25, 0.3) is 0 Å². The van der Waals surface area contributed by atoms with Gasteiger partial charge in [-0.1, -0.05) is 0 Å². The first-order valence-electron chi connectivity index (χ1n) is 4.84. The number of ether oxygens (including phenoxy) is 1. The van der Waals surface area contributed by atoms with E-state index in [0.29, 0.717) is 6.42 Å². The van der Waals surface area contributed by atoms with Crippen LogP contribution in [0.4, 0.5) is 0 Å². The minimum atomic E-state index is -3.46. The fourth-order valence-corrected chi connectivity index (χ4v) is 3.50. The van der Waals surface area contributed by atoms with Crippen molar-refractivity contribution < 1.29 is 17.3 Å². The fourth-order valence-electron chi connectivity index (χ4n) is 1.87. The summed E-state index contributed by atoms with van der Waals surface area (Å²) in [5.74, 6) is 0. The van der Waals surface area contributed by atoms with Gasteiger partial charge in [-0.2, -0.15) is 8.42 Å². The van der Waals surface area contributed by atoms with E-state index in [9.17, 15) is 8.42 Å². The summed E-state index contributed by atoms with van der Waals surface area (Å²) in [7, 11) is -3.46. The van der Waals surface area contributed by atoms with Crippen LogP contribution in [0.5, 0.6) is 0 Å². The molecule has 0 aromatic rings. The van der Waals surface area contributed by atoms with Gasteiger partial charge in [0.25, 0.3) is 10.1 Å². The highest BCUT2D eigenvalue weighted by molar-refractivity contribution is 7.87. The summed E-state index contributed by atoms with van der Waals surface area (Å²) in [5.41, 5.74) is -0.367. The highest BCUT2D eigenvalue weighted by Gasteiger charge is 2.45. The monoisotopic (exact) mass is 222 g/mol. The Morgan fingerprint density at radius 1 is 1.50 bits per heavy atom. The topological polar surface area (TPSA) is 52.6 Å². The molecule has 2 atom stereocenters. The average molecular weight is 222 g/mol. The van der Waals surface area contributed by atoms with Crippen molar-refractivity contribution in [1.29, 1.82) is 0 Å². The van der Waals surface area contributed by atoms with E-state index >= 15 is 0 Å². The van der Waals surface area contributed by atoms with Gasteiger partial charge in [-0.25, -0.2) is 0 Å². The lowest BCUT2D eigenvalue weighted by Crippen LogP contribution is -2.29. The van der Waals surface area contributed by atoms with Crippen molar-refractivity contribution in [2.75, 3.05) is 6.61 Å². The summed E-state index contributed by atoms with van der Waals surface area (Å²) in [6.45, 7) is 7.42. The summed E-state index contributed by atoms with van der Waals surface area (Å²) >= 11 is 0. The zero-order chi connectivity index (χ0) is 11.0. The van der Waals surface area contributed by atoms with Crippen molar-refractivity contribution in [2.45, 2.75) is 51.1 Å². The van der Waals surface area contributed by atoms with Gasteiger partial charge in [-0.3, -0.25) is 4.18 Å². The summed E-state index contributed by atoms with van der Waals surface area (Å²) < 4.78 is 33.6. The van der Waals surface area contributed by atoms with Crippen molar-refractivity contribution in [1.82, 2.24) is 0 Å². The summed E-state index contributed by atoms with van der Waals surface area (Å²) in [6.07, 6.45) is 0.206. The number of hydrogen-bond donors (Lipinski definition) is 0. The Morgan fingerprint density at radius 3 is 2.43 bits per heavy atom. The highest BCUT2D eigenvalue weighted by atomic mass is 32.2. The quantitative estimate of drug-likeness (QED) is 0.676. The van der Waals surface area contributed by atoms with Gasteiger partial charge in [-0.15, -0.1) is 0 Å². The summed E-state index contributed by atoms with van der Waals surface area (Å²) in [6, 6.07) is 0. The van der Waals surface area contributed by atoms with Gasteiger partial charge in [-0.05, 0) is 34.1 Å². The minimum Gasteiger partial charge on any atom is -0.371 e. The second-order valence-corrected chi connectivity index (χ2v) is 6.05. The Hall–Kier alpha value is -0.130. The Morgan fingerprint density at radius 2 is 2.07 bits per heavy atom. The molecular weight excluding hydrogens is 204 g/mol. The summed E-state index contributed by atoms with van der Waals surface area (Å²) in [4.78, 5) is 0. The van der Waals surface area contributed by atoms with Crippen LogP contribution in [0.3, 0.4) is 0 Å². The van der Waals surface area contributed by atoms with Crippen molar-refractivity contribution in [2.24, 2.45) is 0 Å². The van der Waals surface area contributed by atoms with Crippen LogP contribution in [0.1, 0.15) is 34.1 Å². The molecule has 2 unspecified atom stereocenters. The molecule has 0 amide bonds. The first-order valence-corrected chi connectivity index (χ1v) is 6.32. The largest absolute Gasteiger partial charge is 0.371 e. The zero-order valence-electron chi connectivity index (χ0n) is 9.11. The molecule has 1 rings (SSSR count). The third-order valence-electron chi connectivity index (χ3n) is 2.37. The third-order valence-corrected chi connectivity index (χ3v) is 4.23. The predicted molar refractivity (Wildman–Crippen MR) is 53.6 cm³/mol. The molecule has 0 saturated carbocycles. The first-order chi connectivity index (χ1) is 6.28. The Bertz CT molecular complexity index is 294. The van der Waals surface area contributed by atoms with Crippen molar-refractivity contribution >= 4 is 10.1 Å². The molecule has 1 aliphatic rings. The SMILES string of the molecule is CCOS(=O)(=O)C1CC(C)(C)OC1C. The van der Waals surface area contributed by atoms with E-state index in [-0.39, 0.29) is 18.3 Å². The molecule has 5 heteroatoms. The van der Waals surface area contributed by atoms with E-state index in [1.807, 2.05) is 13.8 Å². The maximum atomic E-state index is 11.6. The van der Waals surface area contributed by atoms with Crippen LogP contribution in [0, 0.1) is 0 Å². The third kappa shape index (κ3) is 2.46. The molecule has 0 spiro atoms. The molecule has 0 bridgehead atoms. The standard InChI is InChI=1S/C9H18O4S/c1-5-12-14(10,11)8-6-9(3,4)13-7(8)2/h7-8H,5-6H2,1-4H3. The molecule has 1 saturated heterocycles. The maximum absolute atomic E-state index is 11.6.